The third-order valence-corrected chi connectivity index (χ3v) is 5.35. The number of methoxy groups -OCH3 is 1. The normalized spacial score (nSPS) is 12.1. The number of allylic oxidation sites excluding steroid dienone is 2. The second-order valence-corrected chi connectivity index (χ2v) is 9.32. The first-order valence-corrected chi connectivity index (χ1v) is 11.8. The van der Waals surface area contributed by atoms with Crippen LogP contribution in [0.2, 0.25) is 0 Å². The molecule has 170 valence electrons. The van der Waals surface area contributed by atoms with Crippen molar-refractivity contribution in [2.24, 2.45) is 11.3 Å². The number of unbranched alkanes of at least 4 members (excludes halogenated alkanes) is 1. The van der Waals surface area contributed by atoms with Gasteiger partial charge in [-0.1, -0.05) is 30.0 Å². The number of Topliss-reactive ketones (excluding diaryl/α,β-unsaturated/α-hetero) is 1. The minimum absolute atomic E-state index is 0.0881. The van der Waals surface area contributed by atoms with Gasteiger partial charge in [-0.15, -0.1) is 0 Å². The fourth-order valence-electron chi connectivity index (χ4n) is 2.98. The molecule has 0 N–H and O–H groups in total. The van der Waals surface area contributed by atoms with E-state index < -0.39 is 11.9 Å². The number of hydrogen-bond acceptors (Lipinski definition) is 5. The van der Waals surface area contributed by atoms with Crippen LogP contribution in [-0.2, 0) is 14.3 Å². The predicted octanol–water partition coefficient (Wildman–Crippen LogP) is 6.32. The number of rotatable bonds is 11. The minimum atomic E-state index is -0.782. The molecule has 0 radical (unpaired) electrons. The van der Waals surface area contributed by atoms with Gasteiger partial charge >= 0.3 is 5.97 Å². The average Bonchev–Trinajstić information content (AvgIpc) is 3.30. The summed E-state index contributed by atoms with van der Waals surface area (Å²) in [4.78, 5) is 24.6. The van der Waals surface area contributed by atoms with Crippen molar-refractivity contribution in [1.29, 1.82) is 0 Å². The molecule has 0 saturated heterocycles. The first kappa shape index (κ1) is 25.4. The molecule has 0 spiro atoms. The van der Waals surface area contributed by atoms with Crippen molar-refractivity contribution in [2.75, 3.05) is 13.7 Å². The zero-order valence-corrected chi connectivity index (χ0v) is 20.2. The van der Waals surface area contributed by atoms with Crippen LogP contribution in [-0.4, -0.2) is 25.5 Å². The summed E-state index contributed by atoms with van der Waals surface area (Å²) in [6.07, 6.45) is 5.48. The molecule has 0 bridgehead atoms. The van der Waals surface area contributed by atoms with E-state index in [1.165, 1.54) is 12.7 Å². The molecule has 0 saturated carbocycles. The van der Waals surface area contributed by atoms with E-state index in [0.29, 0.717) is 25.9 Å². The summed E-state index contributed by atoms with van der Waals surface area (Å²) in [5, 5.41) is 4.16. The first-order valence-electron chi connectivity index (χ1n) is 10.8. The van der Waals surface area contributed by atoms with Crippen LogP contribution < -0.4 is 4.74 Å². The van der Waals surface area contributed by atoms with Gasteiger partial charge in [0, 0.05) is 11.8 Å². The molecule has 0 aliphatic carbocycles. The summed E-state index contributed by atoms with van der Waals surface area (Å²) < 4.78 is 10.7. The smallest absolute Gasteiger partial charge is 0.316 e. The van der Waals surface area contributed by atoms with E-state index in [4.69, 9.17) is 9.47 Å². The Bertz CT molecular complexity index is 956. The van der Waals surface area contributed by atoms with Crippen molar-refractivity contribution in [2.45, 2.75) is 46.5 Å². The maximum Gasteiger partial charge on any atom is 0.316 e. The van der Waals surface area contributed by atoms with Crippen LogP contribution >= 0.6 is 11.3 Å². The second kappa shape index (κ2) is 12.9. The Balaban J connectivity index is 1.78. The Kier molecular flexibility index (Phi) is 10.2. The molecule has 1 heterocycles. The highest BCUT2D eigenvalue weighted by Gasteiger charge is 2.25. The fraction of sp³-hybridized carbons (Fsp3) is 0.407. The topological polar surface area (TPSA) is 52.6 Å². The zero-order valence-electron chi connectivity index (χ0n) is 19.4. The Labute approximate surface area is 195 Å². The van der Waals surface area contributed by atoms with Crippen LogP contribution in [0.25, 0.3) is 11.1 Å². The standard InChI is InChI=1S/C27H32O4S/c1-27(2,3)16-8-5-6-13-24(26(29)30-4)25(28)14-7-9-17-31-23-12-10-11-21(19-23)22-15-18-32-20-22/h5-6,10-12,15,18-20,24H,7,9,13-14,17H2,1-4H3. The lowest BCUT2D eigenvalue weighted by Gasteiger charge is -2.12. The van der Waals surface area contributed by atoms with Gasteiger partial charge in [-0.05, 0) is 86.2 Å². The van der Waals surface area contributed by atoms with Gasteiger partial charge in [0.2, 0.25) is 0 Å². The largest absolute Gasteiger partial charge is 0.494 e. The number of carbonyl (C=O) groups excluding carboxylic acids is 2. The molecule has 0 amide bonds. The number of benzene rings is 1. The van der Waals surface area contributed by atoms with E-state index in [-0.39, 0.29) is 11.2 Å². The van der Waals surface area contributed by atoms with E-state index in [0.717, 1.165) is 17.7 Å². The summed E-state index contributed by atoms with van der Waals surface area (Å²) >= 11 is 1.66. The van der Waals surface area contributed by atoms with Crippen molar-refractivity contribution in [1.82, 2.24) is 0 Å². The molecular formula is C27H32O4S. The molecule has 5 heteroatoms. The van der Waals surface area contributed by atoms with Gasteiger partial charge < -0.3 is 9.47 Å². The van der Waals surface area contributed by atoms with Crippen LogP contribution in [0.15, 0.2) is 53.2 Å². The van der Waals surface area contributed by atoms with Gasteiger partial charge in [-0.3, -0.25) is 9.59 Å². The molecule has 1 unspecified atom stereocenters. The van der Waals surface area contributed by atoms with Crippen molar-refractivity contribution >= 4 is 23.1 Å². The molecule has 0 aliphatic heterocycles. The summed E-state index contributed by atoms with van der Waals surface area (Å²) in [5.74, 6) is 5.47. The van der Waals surface area contributed by atoms with Crippen LogP contribution in [0.3, 0.4) is 0 Å². The van der Waals surface area contributed by atoms with Crippen molar-refractivity contribution in [3.05, 3.63) is 53.2 Å². The summed E-state index contributed by atoms with van der Waals surface area (Å²) in [6.45, 7) is 6.60. The molecule has 1 aromatic heterocycles. The maximum atomic E-state index is 12.6. The van der Waals surface area contributed by atoms with Crippen molar-refractivity contribution in [3.8, 4) is 28.7 Å². The number of carbonyl (C=O) groups is 2. The average molecular weight is 453 g/mol. The number of ketones is 1. The third kappa shape index (κ3) is 9.11. The monoisotopic (exact) mass is 452 g/mol. The van der Waals surface area contributed by atoms with E-state index in [1.807, 2.05) is 39.0 Å². The fourth-order valence-corrected chi connectivity index (χ4v) is 3.65. The second-order valence-electron chi connectivity index (χ2n) is 8.54. The Morgan fingerprint density at radius 3 is 2.66 bits per heavy atom. The molecule has 2 aromatic rings. The van der Waals surface area contributed by atoms with Crippen LogP contribution in [0.1, 0.15) is 46.5 Å². The summed E-state index contributed by atoms with van der Waals surface area (Å²) in [5.41, 5.74) is 2.22. The van der Waals surface area contributed by atoms with Gasteiger partial charge in [0.05, 0.1) is 13.7 Å². The number of hydrogen-bond donors (Lipinski definition) is 0. The Hall–Kier alpha value is -2.84. The van der Waals surface area contributed by atoms with Gasteiger partial charge in [-0.2, -0.15) is 11.3 Å². The quantitative estimate of drug-likeness (QED) is 0.173. The number of thiophene rings is 1. The van der Waals surface area contributed by atoms with Gasteiger partial charge in [-0.25, -0.2) is 0 Å². The number of ether oxygens (including phenoxy) is 2. The Morgan fingerprint density at radius 2 is 1.97 bits per heavy atom. The van der Waals surface area contributed by atoms with Crippen molar-refractivity contribution < 1.29 is 19.1 Å². The highest BCUT2D eigenvalue weighted by Crippen LogP contribution is 2.26. The summed E-state index contributed by atoms with van der Waals surface area (Å²) in [7, 11) is 1.31. The van der Waals surface area contributed by atoms with E-state index in [9.17, 15) is 9.59 Å². The van der Waals surface area contributed by atoms with Crippen LogP contribution in [0.4, 0.5) is 0 Å². The lowest BCUT2D eigenvalue weighted by atomic mass is 9.95. The SMILES string of the molecule is COC(=O)C(CC=CC#CC(C)(C)C)C(=O)CCCCOc1cccc(-c2ccsc2)c1. The van der Waals surface area contributed by atoms with Gasteiger partial charge in [0.15, 0.2) is 0 Å². The predicted molar refractivity (Wildman–Crippen MR) is 131 cm³/mol. The highest BCUT2D eigenvalue weighted by atomic mass is 32.1. The molecule has 1 atom stereocenters. The van der Waals surface area contributed by atoms with E-state index >= 15 is 0 Å². The molecule has 4 nitrogen and oxygen atoms in total. The lowest BCUT2D eigenvalue weighted by molar-refractivity contribution is -0.149. The van der Waals surface area contributed by atoms with Gasteiger partial charge in [0.1, 0.15) is 17.5 Å². The highest BCUT2D eigenvalue weighted by molar-refractivity contribution is 7.08. The third-order valence-electron chi connectivity index (χ3n) is 4.67. The zero-order chi connectivity index (χ0) is 23.4. The minimum Gasteiger partial charge on any atom is -0.494 e. The number of esters is 1. The van der Waals surface area contributed by atoms with Crippen LogP contribution in [0, 0.1) is 23.2 Å². The molecule has 0 aliphatic rings. The summed E-state index contributed by atoms with van der Waals surface area (Å²) in [6, 6.07) is 10.1. The molecule has 2 rings (SSSR count). The lowest BCUT2D eigenvalue weighted by Crippen LogP contribution is -2.24. The molecule has 0 fully saturated rings. The molecule has 32 heavy (non-hydrogen) atoms. The van der Waals surface area contributed by atoms with E-state index in [2.05, 4.69) is 34.7 Å². The van der Waals surface area contributed by atoms with Crippen molar-refractivity contribution in [3.63, 3.8) is 0 Å². The van der Waals surface area contributed by atoms with E-state index in [1.54, 1.807) is 23.5 Å². The first-order chi connectivity index (χ1) is 15.3. The molecule has 1 aromatic carbocycles. The Morgan fingerprint density at radius 1 is 1.16 bits per heavy atom. The van der Waals surface area contributed by atoms with Crippen LogP contribution in [0.5, 0.6) is 5.75 Å². The van der Waals surface area contributed by atoms with Gasteiger partial charge in [0.25, 0.3) is 0 Å². The maximum absolute atomic E-state index is 12.6. The molecular weight excluding hydrogens is 420 g/mol.